The summed E-state index contributed by atoms with van der Waals surface area (Å²) in [4.78, 5) is 10.5. The molecule has 1 unspecified atom stereocenters. The number of nitro groups is 1. The van der Waals surface area contributed by atoms with Gasteiger partial charge >= 0.3 is 0 Å². The second-order valence-electron chi connectivity index (χ2n) is 5.44. The monoisotopic (exact) mass is 289 g/mol. The van der Waals surface area contributed by atoms with Gasteiger partial charge in [-0.2, -0.15) is 0 Å². The quantitative estimate of drug-likeness (QED) is 0.697. The van der Waals surface area contributed by atoms with Crippen LogP contribution >= 0.6 is 0 Å². The van der Waals surface area contributed by atoms with E-state index in [9.17, 15) is 14.5 Å². The number of nitrogens with zero attached hydrogens (tertiary/aromatic N) is 2. The lowest BCUT2D eigenvalue weighted by Gasteiger charge is -2.17. The maximum Gasteiger partial charge on any atom is 0.274 e. The van der Waals surface area contributed by atoms with E-state index >= 15 is 0 Å². The highest BCUT2D eigenvalue weighted by atomic mass is 19.1. The number of benzene rings is 1. The van der Waals surface area contributed by atoms with Gasteiger partial charge in [0.1, 0.15) is 5.82 Å². The number of rotatable bonds is 3. The van der Waals surface area contributed by atoms with Crippen molar-refractivity contribution in [3.05, 3.63) is 63.2 Å². The average Bonchev–Trinajstić information content (AvgIpc) is 2.82. The Morgan fingerprint density at radius 1 is 1.43 bits per heavy atom. The third-order valence-corrected chi connectivity index (χ3v) is 3.95. The normalized spacial score (nSPS) is 17.5. The van der Waals surface area contributed by atoms with Gasteiger partial charge in [-0.15, -0.1) is 0 Å². The van der Waals surface area contributed by atoms with Crippen molar-refractivity contribution in [1.29, 1.82) is 0 Å². The molecule has 0 fully saturated rings. The summed E-state index contributed by atoms with van der Waals surface area (Å²) >= 11 is 0. The van der Waals surface area contributed by atoms with Crippen LogP contribution in [-0.4, -0.2) is 9.49 Å². The van der Waals surface area contributed by atoms with Gasteiger partial charge in [-0.25, -0.2) is 4.39 Å². The van der Waals surface area contributed by atoms with E-state index in [0.717, 1.165) is 30.9 Å². The van der Waals surface area contributed by atoms with Crippen molar-refractivity contribution in [3.8, 4) is 0 Å². The summed E-state index contributed by atoms with van der Waals surface area (Å²) in [7, 11) is 0. The minimum Gasteiger partial charge on any atom is -0.349 e. The SMILES string of the molecule is NC1CCCc2cn(Cc3cc(F)ccc3[N+](=O)[O-])cc21. The summed E-state index contributed by atoms with van der Waals surface area (Å²) in [5.74, 6) is -0.468. The Hall–Kier alpha value is -2.21. The highest BCUT2D eigenvalue weighted by Crippen LogP contribution is 2.29. The smallest absolute Gasteiger partial charge is 0.274 e. The van der Waals surface area contributed by atoms with Crippen LogP contribution in [0.1, 0.15) is 35.6 Å². The Morgan fingerprint density at radius 3 is 2.95 bits per heavy atom. The summed E-state index contributed by atoms with van der Waals surface area (Å²) in [5.41, 5.74) is 8.66. The summed E-state index contributed by atoms with van der Waals surface area (Å²) < 4.78 is 15.2. The van der Waals surface area contributed by atoms with Crippen molar-refractivity contribution < 1.29 is 9.31 Å². The molecule has 21 heavy (non-hydrogen) atoms. The number of halogens is 1. The van der Waals surface area contributed by atoms with Gasteiger partial charge in [0.05, 0.1) is 17.0 Å². The van der Waals surface area contributed by atoms with Gasteiger partial charge in [0.25, 0.3) is 5.69 Å². The zero-order chi connectivity index (χ0) is 15.0. The van der Waals surface area contributed by atoms with Crippen LogP contribution in [0.25, 0.3) is 0 Å². The fourth-order valence-corrected chi connectivity index (χ4v) is 2.93. The molecule has 0 amide bonds. The van der Waals surface area contributed by atoms with Crippen LogP contribution in [0, 0.1) is 15.9 Å². The fourth-order valence-electron chi connectivity index (χ4n) is 2.93. The number of fused-ring (bicyclic) bond motifs is 1. The molecule has 5 nitrogen and oxygen atoms in total. The molecule has 0 saturated heterocycles. The first kappa shape index (κ1) is 13.8. The zero-order valence-electron chi connectivity index (χ0n) is 11.5. The molecule has 2 N–H and O–H groups in total. The van der Waals surface area contributed by atoms with E-state index in [1.165, 1.54) is 17.7 Å². The third-order valence-electron chi connectivity index (χ3n) is 3.95. The van der Waals surface area contributed by atoms with E-state index in [1.54, 1.807) is 0 Å². The van der Waals surface area contributed by atoms with Crippen LogP contribution < -0.4 is 5.73 Å². The van der Waals surface area contributed by atoms with Gasteiger partial charge in [0.15, 0.2) is 0 Å². The predicted molar refractivity (Wildman–Crippen MR) is 76.5 cm³/mol. The van der Waals surface area contributed by atoms with E-state index in [1.807, 2.05) is 17.0 Å². The molecule has 110 valence electrons. The molecule has 6 heteroatoms. The van der Waals surface area contributed by atoms with E-state index in [4.69, 9.17) is 5.73 Å². The summed E-state index contributed by atoms with van der Waals surface area (Å²) in [6.07, 6.45) is 6.87. The molecular formula is C15H16FN3O2. The van der Waals surface area contributed by atoms with Crippen molar-refractivity contribution in [1.82, 2.24) is 4.57 Å². The molecule has 1 heterocycles. The Morgan fingerprint density at radius 2 is 2.24 bits per heavy atom. The standard InChI is InChI=1S/C15H16FN3O2/c16-12-4-5-15(19(20)21)11(6-12)8-18-7-10-2-1-3-14(17)13(10)9-18/h4-7,9,14H,1-3,8,17H2. The van der Waals surface area contributed by atoms with Gasteiger partial charge in [-0.3, -0.25) is 10.1 Å². The van der Waals surface area contributed by atoms with Gasteiger partial charge < -0.3 is 10.3 Å². The Balaban J connectivity index is 1.94. The molecule has 0 aliphatic heterocycles. The van der Waals surface area contributed by atoms with E-state index in [2.05, 4.69) is 0 Å². The lowest BCUT2D eigenvalue weighted by Crippen LogP contribution is -2.15. The maximum absolute atomic E-state index is 13.4. The molecule has 0 radical (unpaired) electrons. The molecule has 1 aromatic carbocycles. The van der Waals surface area contributed by atoms with Gasteiger partial charge in [0.2, 0.25) is 0 Å². The van der Waals surface area contributed by atoms with Crippen LogP contribution in [0.5, 0.6) is 0 Å². The number of nitrogens with two attached hydrogens (primary N) is 1. The third kappa shape index (κ3) is 2.67. The molecule has 1 aliphatic rings. The van der Waals surface area contributed by atoms with Gasteiger partial charge in [-0.1, -0.05) is 0 Å². The number of hydrogen-bond donors (Lipinski definition) is 1. The first-order valence-corrected chi connectivity index (χ1v) is 6.91. The van der Waals surface area contributed by atoms with Crippen molar-refractivity contribution >= 4 is 5.69 Å². The molecule has 1 atom stereocenters. The number of aryl methyl sites for hydroxylation is 1. The minimum absolute atomic E-state index is 0.0255. The van der Waals surface area contributed by atoms with Crippen molar-refractivity contribution in [2.24, 2.45) is 5.73 Å². The minimum atomic E-state index is -0.482. The highest BCUT2D eigenvalue weighted by molar-refractivity contribution is 5.41. The molecular weight excluding hydrogens is 273 g/mol. The van der Waals surface area contributed by atoms with Crippen molar-refractivity contribution in [2.75, 3.05) is 0 Å². The van der Waals surface area contributed by atoms with Gasteiger partial charge in [-0.05, 0) is 42.5 Å². The Kier molecular flexibility index (Phi) is 3.47. The van der Waals surface area contributed by atoms with Crippen LogP contribution in [0.3, 0.4) is 0 Å². The number of aromatic nitrogens is 1. The summed E-state index contributed by atoms with van der Waals surface area (Å²) in [6, 6.07) is 3.56. The molecule has 0 spiro atoms. The molecule has 0 bridgehead atoms. The largest absolute Gasteiger partial charge is 0.349 e. The van der Waals surface area contributed by atoms with E-state index in [0.29, 0.717) is 5.56 Å². The lowest BCUT2D eigenvalue weighted by molar-refractivity contribution is -0.385. The highest BCUT2D eigenvalue weighted by Gasteiger charge is 2.20. The molecule has 3 rings (SSSR count). The van der Waals surface area contributed by atoms with Crippen LogP contribution in [0.15, 0.2) is 30.6 Å². The molecule has 1 aliphatic carbocycles. The van der Waals surface area contributed by atoms with E-state index < -0.39 is 10.7 Å². The molecule has 2 aromatic rings. The second-order valence-corrected chi connectivity index (χ2v) is 5.44. The first-order chi connectivity index (χ1) is 10.0. The maximum atomic E-state index is 13.4. The van der Waals surface area contributed by atoms with Crippen LogP contribution in [-0.2, 0) is 13.0 Å². The predicted octanol–water partition coefficient (Wildman–Crippen LogP) is 2.92. The summed E-state index contributed by atoms with van der Waals surface area (Å²) in [6.45, 7) is 0.272. The number of hydrogen-bond acceptors (Lipinski definition) is 3. The van der Waals surface area contributed by atoms with Crippen molar-refractivity contribution in [2.45, 2.75) is 31.8 Å². The molecule has 0 saturated carbocycles. The Labute approximate surface area is 121 Å². The molecule has 1 aromatic heterocycles. The van der Waals surface area contributed by atoms with Crippen LogP contribution in [0.2, 0.25) is 0 Å². The first-order valence-electron chi connectivity index (χ1n) is 6.91. The van der Waals surface area contributed by atoms with Crippen molar-refractivity contribution in [3.63, 3.8) is 0 Å². The average molecular weight is 289 g/mol. The van der Waals surface area contributed by atoms with E-state index in [-0.39, 0.29) is 18.3 Å². The lowest BCUT2D eigenvalue weighted by atomic mass is 9.92. The number of nitro benzene ring substituents is 1. The second kappa shape index (κ2) is 5.29. The zero-order valence-corrected chi connectivity index (χ0v) is 11.5. The van der Waals surface area contributed by atoms with Gasteiger partial charge in [0, 0.05) is 24.5 Å². The van der Waals surface area contributed by atoms with Crippen LogP contribution in [0.4, 0.5) is 10.1 Å². The summed E-state index contributed by atoms with van der Waals surface area (Å²) in [5, 5.41) is 11.0. The fraction of sp³-hybridized carbons (Fsp3) is 0.333. The Bertz CT molecular complexity index is 696. The topological polar surface area (TPSA) is 74.1 Å².